The Labute approximate surface area is 155 Å². The number of carbonyl (C=O) groups is 1. The number of piperidine rings is 1. The number of quaternary nitrogens is 1. The molecule has 3 N–H and O–H groups in total. The number of ether oxygens (including phenoxy) is 1. The van der Waals surface area contributed by atoms with E-state index in [0.29, 0.717) is 17.6 Å². The number of likely N-dealkylation sites (tertiary alicyclic amines) is 1. The molecule has 5 heteroatoms. The first-order valence-corrected chi connectivity index (χ1v) is 9.67. The van der Waals surface area contributed by atoms with Crippen molar-refractivity contribution in [1.29, 1.82) is 0 Å². The molecule has 3 rings (SSSR count). The number of hydrogen-bond donors (Lipinski definition) is 2. The van der Waals surface area contributed by atoms with Crippen molar-refractivity contribution in [3.05, 3.63) is 35.0 Å². The maximum absolute atomic E-state index is 12.1. The molecule has 2 heterocycles. The third-order valence-electron chi connectivity index (χ3n) is 5.30. The van der Waals surface area contributed by atoms with Gasteiger partial charge in [-0.1, -0.05) is 13.8 Å². The van der Waals surface area contributed by atoms with Crippen molar-refractivity contribution in [3.63, 3.8) is 0 Å². The summed E-state index contributed by atoms with van der Waals surface area (Å²) in [6.07, 6.45) is 3.32. The molecule has 0 bridgehead atoms. The van der Waals surface area contributed by atoms with Crippen molar-refractivity contribution in [2.75, 3.05) is 19.7 Å². The maximum Gasteiger partial charge on any atom is 0.338 e. The standard InChI is InChI=1S/C21H28N2O3/c1-4-10-26-21(25)16-7-8-19-17(11-16)20(24)18(15(3)22-19)13-23-9-5-6-14(2)12-23/h7-8,11,14H,4-6,9-10,12-13H2,1-3H3,(H,22,24)/p+2. The van der Waals surface area contributed by atoms with Gasteiger partial charge in [0, 0.05) is 18.9 Å². The predicted octanol–water partition coefficient (Wildman–Crippen LogP) is 2.05. The summed E-state index contributed by atoms with van der Waals surface area (Å²) in [6, 6.07) is 5.31. The average Bonchev–Trinajstić information content (AvgIpc) is 2.63. The molecule has 1 aromatic carbocycles. The largest absolute Gasteiger partial charge is 0.506 e. The van der Waals surface area contributed by atoms with Crippen molar-refractivity contribution in [3.8, 4) is 5.75 Å². The molecule has 1 aliphatic rings. The van der Waals surface area contributed by atoms with E-state index in [2.05, 4.69) is 11.9 Å². The SMILES string of the molecule is CCCOC(=O)c1ccc2[nH+]c(C)c(C[NH+]3CCCC(C)C3)c(O)c2c1. The normalized spacial score (nSPS) is 20.3. The third kappa shape index (κ3) is 3.98. The Balaban J connectivity index is 1.92. The van der Waals surface area contributed by atoms with E-state index in [0.717, 1.165) is 48.7 Å². The minimum Gasteiger partial charge on any atom is -0.506 e. The Kier molecular flexibility index (Phi) is 5.77. The molecular formula is C21H30N2O3+2. The van der Waals surface area contributed by atoms with Crippen LogP contribution in [-0.2, 0) is 11.3 Å². The summed E-state index contributed by atoms with van der Waals surface area (Å²) in [5.41, 5.74) is 3.24. The number of carbonyl (C=O) groups excluding carboxylic acids is 1. The number of aromatic amines is 1. The third-order valence-corrected chi connectivity index (χ3v) is 5.30. The summed E-state index contributed by atoms with van der Waals surface area (Å²) in [5.74, 6) is 0.670. The number of aryl methyl sites for hydroxylation is 1. The second-order valence-corrected chi connectivity index (χ2v) is 7.60. The number of H-pyrrole nitrogens is 1. The molecule has 0 spiro atoms. The van der Waals surface area contributed by atoms with E-state index in [-0.39, 0.29) is 11.7 Å². The van der Waals surface area contributed by atoms with Gasteiger partial charge in [0.2, 0.25) is 5.52 Å². The highest BCUT2D eigenvalue weighted by molar-refractivity contribution is 5.95. The highest BCUT2D eigenvalue weighted by atomic mass is 16.5. The van der Waals surface area contributed by atoms with Crippen LogP contribution in [0.5, 0.6) is 5.75 Å². The zero-order valence-corrected chi connectivity index (χ0v) is 16.0. The van der Waals surface area contributed by atoms with Gasteiger partial charge >= 0.3 is 5.97 Å². The molecule has 0 saturated carbocycles. The zero-order valence-electron chi connectivity index (χ0n) is 16.0. The molecule has 0 aliphatic carbocycles. The van der Waals surface area contributed by atoms with E-state index < -0.39 is 0 Å². The van der Waals surface area contributed by atoms with E-state index in [4.69, 9.17) is 4.74 Å². The topological polar surface area (TPSA) is 65.1 Å². The Morgan fingerprint density at radius 1 is 1.42 bits per heavy atom. The number of esters is 1. The molecule has 0 radical (unpaired) electrons. The van der Waals surface area contributed by atoms with Crippen LogP contribution in [-0.4, -0.2) is 30.8 Å². The van der Waals surface area contributed by atoms with E-state index >= 15 is 0 Å². The number of aromatic nitrogens is 1. The lowest BCUT2D eigenvalue weighted by Crippen LogP contribution is -3.12. The Bertz CT molecular complexity index is 803. The molecule has 26 heavy (non-hydrogen) atoms. The van der Waals surface area contributed by atoms with Crippen LogP contribution >= 0.6 is 0 Å². The van der Waals surface area contributed by atoms with Crippen LogP contribution in [0.3, 0.4) is 0 Å². The summed E-state index contributed by atoms with van der Waals surface area (Å²) in [4.78, 5) is 17.0. The van der Waals surface area contributed by atoms with Crippen LogP contribution in [0.4, 0.5) is 0 Å². The van der Waals surface area contributed by atoms with Gasteiger partial charge in [0.25, 0.3) is 0 Å². The van der Waals surface area contributed by atoms with E-state index in [1.54, 1.807) is 12.1 Å². The van der Waals surface area contributed by atoms with E-state index in [9.17, 15) is 9.90 Å². The van der Waals surface area contributed by atoms with E-state index in [1.165, 1.54) is 17.7 Å². The first-order chi connectivity index (χ1) is 12.5. The summed E-state index contributed by atoms with van der Waals surface area (Å²) < 4.78 is 5.22. The van der Waals surface area contributed by atoms with Gasteiger partial charge in [-0.2, -0.15) is 0 Å². The lowest BCUT2D eigenvalue weighted by Gasteiger charge is -2.28. The van der Waals surface area contributed by atoms with Gasteiger partial charge in [-0.15, -0.1) is 0 Å². The fourth-order valence-electron chi connectivity index (χ4n) is 3.90. The number of benzene rings is 1. The van der Waals surface area contributed by atoms with Crippen LogP contribution in [0.1, 0.15) is 54.7 Å². The monoisotopic (exact) mass is 358 g/mol. The maximum atomic E-state index is 12.1. The Morgan fingerprint density at radius 2 is 2.23 bits per heavy atom. The van der Waals surface area contributed by atoms with Crippen LogP contribution < -0.4 is 9.88 Å². The average molecular weight is 358 g/mol. The van der Waals surface area contributed by atoms with Gasteiger partial charge in [-0.3, -0.25) is 0 Å². The number of fused-ring (bicyclic) bond motifs is 1. The number of rotatable bonds is 5. The number of nitrogens with one attached hydrogen (secondary N) is 2. The first-order valence-electron chi connectivity index (χ1n) is 9.67. The van der Waals surface area contributed by atoms with Gasteiger partial charge in [-0.05, 0) is 31.4 Å². The smallest absolute Gasteiger partial charge is 0.338 e. The van der Waals surface area contributed by atoms with Crippen molar-refractivity contribution in [1.82, 2.24) is 0 Å². The van der Waals surface area contributed by atoms with E-state index in [1.807, 2.05) is 19.9 Å². The van der Waals surface area contributed by atoms with Gasteiger partial charge in [0.05, 0.1) is 30.6 Å². The molecule has 2 atom stereocenters. The molecular weight excluding hydrogens is 328 g/mol. The van der Waals surface area contributed by atoms with Gasteiger partial charge < -0.3 is 14.7 Å². The Hall–Kier alpha value is -2.14. The summed E-state index contributed by atoms with van der Waals surface area (Å²) in [5, 5.41) is 11.6. The van der Waals surface area contributed by atoms with Crippen LogP contribution in [0.2, 0.25) is 0 Å². The molecule has 1 fully saturated rings. The molecule has 0 amide bonds. The predicted molar refractivity (Wildman–Crippen MR) is 100 cm³/mol. The lowest BCUT2D eigenvalue weighted by molar-refractivity contribution is -0.922. The number of aromatic hydroxyl groups is 1. The van der Waals surface area contributed by atoms with Crippen molar-refractivity contribution >= 4 is 16.9 Å². The van der Waals surface area contributed by atoms with Crippen molar-refractivity contribution < 1.29 is 24.5 Å². The molecule has 1 aromatic heterocycles. The quantitative estimate of drug-likeness (QED) is 0.804. The fourth-order valence-corrected chi connectivity index (χ4v) is 3.90. The highest BCUT2D eigenvalue weighted by Crippen LogP contribution is 2.28. The summed E-state index contributed by atoms with van der Waals surface area (Å²) >= 11 is 0. The summed E-state index contributed by atoms with van der Waals surface area (Å²) in [7, 11) is 0. The molecule has 1 aliphatic heterocycles. The van der Waals surface area contributed by atoms with Gasteiger partial charge in [0.1, 0.15) is 17.9 Å². The minimum atomic E-state index is -0.342. The second kappa shape index (κ2) is 8.04. The molecule has 5 nitrogen and oxygen atoms in total. The first kappa shape index (κ1) is 18.6. The zero-order chi connectivity index (χ0) is 18.7. The van der Waals surface area contributed by atoms with Crippen LogP contribution in [0.15, 0.2) is 18.2 Å². The van der Waals surface area contributed by atoms with Crippen LogP contribution in [0.25, 0.3) is 10.9 Å². The van der Waals surface area contributed by atoms with Crippen LogP contribution in [0, 0.1) is 12.8 Å². The lowest BCUT2D eigenvalue weighted by atomic mass is 9.99. The van der Waals surface area contributed by atoms with Gasteiger partial charge in [-0.25, -0.2) is 9.78 Å². The summed E-state index contributed by atoms with van der Waals surface area (Å²) in [6.45, 7) is 9.76. The Morgan fingerprint density at radius 3 is 2.96 bits per heavy atom. The molecule has 1 saturated heterocycles. The second-order valence-electron chi connectivity index (χ2n) is 7.60. The van der Waals surface area contributed by atoms with Crippen molar-refractivity contribution in [2.24, 2.45) is 5.92 Å². The number of hydrogen-bond acceptors (Lipinski definition) is 3. The van der Waals surface area contributed by atoms with Crippen molar-refractivity contribution in [2.45, 2.75) is 46.6 Å². The molecule has 2 unspecified atom stereocenters. The fraction of sp³-hybridized carbons (Fsp3) is 0.524. The number of pyridine rings is 1. The minimum absolute atomic E-state index is 0.284. The molecule has 2 aromatic rings. The van der Waals surface area contributed by atoms with Gasteiger partial charge in [0.15, 0.2) is 5.69 Å². The molecule has 140 valence electrons. The highest BCUT2D eigenvalue weighted by Gasteiger charge is 2.25.